The van der Waals surface area contributed by atoms with E-state index in [2.05, 4.69) is 28.2 Å². The lowest BCUT2D eigenvalue weighted by Gasteiger charge is -2.24. The van der Waals surface area contributed by atoms with Crippen molar-refractivity contribution < 1.29 is 24.4 Å². The van der Waals surface area contributed by atoms with Crippen LogP contribution in [0.2, 0.25) is 0 Å². The summed E-state index contributed by atoms with van der Waals surface area (Å²) in [6.07, 6.45) is 4.17. The van der Waals surface area contributed by atoms with Crippen molar-refractivity contribution in [2.75, 3.05) is 13.1 Å². The van der Waals surface area contributed by atoms with E-state index in [4.69, 9.17) is 0 Å². The molecule has 33 heavy (non-hydrogen) atoms. The highest BCUT2D eigenvalue weighted by molar-refractivity contribution is 6.43. The summed E-state index contributed by atoms with van der Waals surface area (Å²) >= 11 is 0. The van der Waals surface area contributed by atoms with Gasteiger partial charge in [-0.15, -0.1) is 0 Å². The number of aryl methyl sites for hydroxylation is 1. The molecular formula is C23H39BN4O5. The summed E-state index contributed by atoms with van der Waals surface area (Å²) in [6, 6.07) is 5.63. The fourth-order valence-corrected chi connectivity index (χ4v) is 3.20. The van der Waals surface area contributed by atoms with Crippen LogP contribution in [0.3, 0.4) is 0 Å². The van der Waals surface area contributed by atoms with E-state index < -0.39 is 36.9 Å². The van der Waals surface area contributed by atoms with Crippen molar-refractivity contribution in [2.24, 2.45) is 5.92 Å². The fraction of sp³-hybridized carbons (Fsp3) is 0.609. The lowest BCUT2D eigenvalue weighted by atomic mass is 9.75. The third kappa shape index (κ3) is 11.2. The minimum atomic E-state index is -1.75. The van der Waals surface area contributed by atoms with Gasteiger partial charge in [-0.2, -0.15) is 0 Å². The van der Waals surface area contributed by atoms with E-state index in [0.29, 0.717) is 18.5 Å². The molecular weight excluding hydrogens is 423 g/mol. The molecule has 4 amide bonds. The van der Waals surface area contributed by atoms with E-state index in [1.807, 2.05) is 32.9 Å². The van der Waals surface area contributed by atoms with Crippen molar-refractivity contribution in [1.29, 1.82) is 0 Å². The summed E-state index contributed by atoms with van der Waals surface area (Å²) in [5, 5.41) is 29.7. The van der Waals surface area contributed by atoms with Crippen LogP contribution in [0, 0.1) is 5.92 Å². The zero-order valence-electron chi connectivity index (χ0n) is 20.2. The predicted octanol–water partition coefficient (Wildman–Crippen LogP) is 1.38. The number of urea groups is 1. The van der Waals surface area contributed by atoms with Gasteiger partial charge in [-0.1, -0.05) is 46.2 Å². The van der Waals surface area contributed by atoms with E-state index in [1.54, 1.807) is 12.1 Å². The first kappa shape index (κ1) is 28.4. The summed E-state index contributed by atoms with van der Waals surface area (Å²) < 4.78 is 0. The van der Waals surface area contributed by atoms with Crippen LogP contribution in [0.4, 0.5) is 4.79 Å². The van der Waals surface area contributed by atoms with Crippen LogP contribution in [0.5, 0.6) is 0 Å². The lowest BCUT2D eigenvalue weighted by Crippen LogP contribution is -2.58. The van der Waals surface area contributed by atoms with Crippen LogP contribution in [0.25, 0.3) is 0 Å². The Morgan fingerprint density at radius 2 is 1.64 bits per heavy atom. The summed E-state index contributed by atoms with van der Waals surface area (Å²) in [5.41, 5.74) is 1.52. The Kier molecular flexibility index (Phi) is 13.2. The Bertz CT molecular complexity index is 743. The maximum Gasteiger partial charge on any atom is 0.475 e. The van der Waals surface area contributed by atoms with E-state index >= 15 is 0 Å². The van der Waals surface area contributed by atoms with Gasteiger partial charge < -0.3 is 31.3 Å². The lowest BCUT2D eigenvalue weighted by molar-refractivity contribution is -0.123. The number of carbonyl (C=O) groups is 3. The number of hydrogen-bond donors (Lipinski definition) is 6. The van der Waals surface area contributed by atoms with Gasteiger partial charge in [0.25, 0.3) is 5.91 Å². The van der Waals surface area contributed by atoms with E-state index in [0.717, 1.165) is 31.2 Å². The first-order valence-electron chi connectivity index (χ1n) is 11.8. The van der Waals surface area contributed by atoms with Crippen LogP contribution in [0.15, 0.2) is 24.3 Å². The van der Waals surface area contributed by atoms with Crippen LogP contribution < -0.4 is 21.3 Å². The second kappa shape index (κ2) is 15.3. The van der Waals surface area contributed by atoms with Crippen LogP contribution >= 0.6 is 0 Å². The maximum atomic E-state index is 12.9. The highest BCUT2D eigenvalue weighted by Gasteiger charge is 2.30. The van der Waals surface area contributed by atoms with Gasteiger partial charge in [0.05, 0.1) is 5.94 Å². The first-order valence-corrected chi connectivity index (χ1v) is 11.8. The zero-order chi connectivity index (χ0) is 24.8. The molecule has 184 valence electrons. The Labute approximate surface area is 197 Å². The SMILES string of the molecule is CCCCc1ccc(C(=O)N[C@@H](CNC(=O)NCCC)C(=O)N[C@@H](CC(C)C)B(O)O)cc1. The van der Waals surface area contributed by atoms with Gasteiger partial charge in [-0.05, 0) is 49.3 Å². The van der Waals surface area contributed by atoms with Crippen LogP contribution in [-0.4, -0.2) is 60.1 Å². The Morgan fingerprint density at radius 1 is 0.970 bits per heavy atom. The molecule has 0 bridgehead atoms. The van der Waals surface area contributed by atoms with Gasteiger partial charge in [-0.25, -0.2) is 4.79 Å². The molecule has 0 aliphatic carbocycles. The van der Waals surface area contributed by atoms with Gasteiger partial charge in [0, 0.05) is 18.7 Å². The summed E-state index contributed by atoms with van der Waals surface area (Å²) in [5.74, 6) is -1.87. The molecule has 6 N–H and O–H groups in total. The van der Waals surface area contributed by atoms with Crippen LogP contribution in [-0.2, 0) is 11.2 Å². The highest BCUT2D eigenvalue weighted by atomic mass is 16.4. The molecule has 0 aromatic heterocycles. The van der Waals surface area contributed by atoms with Crippen LogP contribution in [0.1, 0.15) is 69.3 Å². The van der Waals surface area contributed by atoms with Gasteiger partial charge in [-0.3, -0.25) is 9.59 Å². The molecule has 0 radical (unpaired) electrons. The second-order valence-corrected chi connectivity index (χ2v) is 8.62. The number of hydrogen-bond acceptors (Lipinski definition) is 5. The standard InChI is InChI=1S/C23H39BN4O5/c1-5-7-8-17-9-11-18(12-10-17)21(29)27-19(15-26-23(31)25-13-6-2)22(30)28-20(24(32)33)14-16(3)4/h9-12,16,19-20,32-33H,5-8,13-15H2,1-4H3,(H,27,29)(H,28,30)(H2,25,26,31)/t19-,20-/m0/s1. The third-order valence-corrected chi connectivity index (χ3v) is 5.07. The molecule has 0 unspecified atom stereocenters. The van der Waals surface area contributed by atoms with Crippen molar-refractivity contribution in [3.8, 4) is 0 Å². The summed E-state index contributed by atoms with van der Waals surface area (Å²) in [6.45, 7) is 8.14. The van der Waals surface area contributed by atoms with E-state index in [-0.39, 0.29) is 12.5 Å². The number of nitrogens with one attached hydrogen (secondary N) is 4. The average molecular weight is 462 g/mol. The van der Waals surface area contributed by atoms with Crippen molar-refractivity contribution in [3.05, 3.63) is 35.4 Å². The third-order valence-electron chi connectivity index (χ3n) is 5.07. The van der Waals surface area contributed by atoms with Crippen molar-refractivity contribution in [1.82, 2.24) is 21.3 Å². The van der Waals surface area contributed by atoms with E-state index in [9.17, 15) is 24.4 Å². The Morgan fingerprint density at radius 3 is 2.18 bits per heavy atom. The van der Waals surface area contributed by atoms with Gasteiger partial charge in [0.1, 0.15) is 6.04 Å². The maximum absolute atomic E-state index is 12.9. The van der Waals surface area contributed by atoms with Crippen molar-refractivity contribution in [3.63, 3.8) is 0 Å². The molecule has 0 fully saturated rings. The molecule has 0 spiro atoms. The minimum Gasteiger partial charge on any atom is -0.426 e. The van der Waals surface area contributed by atoms with Gasteiger partial charge in [0.2, 0.25) is 5.91 Å². The molecule has 0 aliphatic rings. The number of rotatable bonds is 14. The molecule has 0 saturated carbocycles. The minimum absolute atomic E-state index is 0.106. The molecule has 10 heteroatoms. The number of carbonyl (C=O) groups excluding carboxylic acids is 3. The fourth-order valence-electron chi connectivity index (χ4n) is 3.20. The quantitative estimate of drug-likeness (QED) is 0.232. The molecule has 0 heterocycles. The molecule has 2 atom stereocenters. The molecule has 1 aromatic carbocycles. The predicted molar refractivity (Wildman–Crippen MR) is 130 cm³/mol. The topological polar surface area (TPSA) is 140 Å². The van der Waals surface area contributed by atoms with Gasteiger partial charge in [0.15, 0.2) is 0 Å². The monoisotopic (exact) mass is 462 g/mol. The number of amides is 4. The van der Waals surface area contributed by atoms with E-state index in [1.165, 1.54) is 0 Å². The highest BCUT2D eigenvalue weighted by Crippen LogP contribution is 2.09. The Balaban J connectivity index is 2.90. The largest absolute Gasteiger partial charge is 0.475 e. The van der Waals surface area contributed by atoms with Crippen molar-refractivity contribution in [2.45, 2.75) is 71.8 Å². The summed E-state index contributed by atoms with van der Waals surface area (Å²) in [4.78, 5) is 37.6. The number of unbranched alkanes of at least 4 members (excludes halogenated alkanes) is 1. The normalized spacial score (nSPS) is 12.6. The number of benzene rings is 1. The summed E-state index contributed by atoms with van der Waals surface area (Å²) in [7, 11) is -1.75. The zero-order valence-corrected chi connectivity index (χ0v) is 20.2. The molecule has 0 aliphatic heterocycles. The average Bonchev–Trinajstić information content (AvgIpc) is 2.78. The first-order chi connectivity index (χ1) is 15.7. The smallest absolute Gasteiger partial charge is 0.426 e. The molecule has 1 rings (SSSR count). The molecule has 9 nitrogen and oxygen atoms in total. The van der Waals surface area contributed by atoms with Gasteiger partial charge >= 0.3 is 13.1 Å². The van der Waals surface area contributed by atoms with Crippen molar-refractivity contribution >= 4 is 25.0 Å². The molecule has 1 aromatic rings. The second-order valence-electron chi connectivity index (χ2n) is 8.62. The Hall–Kier alpha value is -2.59. The molecule has 0 saturated heterocycles.